The van der Waals surface area contributed by atoms with Crippen LogP contribution in [0.4, 0.5) is 0 Å². The van der Waals surface area contributed by atoms with Crippen LogP contribution in [0, 0.1) is 10.8 Å². The molecule has 6 heteroatoms. The lowest BCUT2D eigenvalue weighted by atomic mass is 9.66. The summed E-state index contributed by atoms with van der Waals surface area (Å²) in [5.41, 5.74) is 1.74. The van der Waals surface area contributed by atoms with Crippen LogP contribution in [0.15, 0.2) is 23.1 Å². The second-order valence-electron chi connectivity index (χ2n) is 5.99. The SMILES string of the molecule is CCCC1=C2C(NOCC)=CC(C)(C)[C@]2(C(=O)OC)C(=O)O1. The summed E-state index contributed by atoms with van der Waals surface area (Å²) in [7, 11) is 1.28. The second kappa shape index (κ2) is 5.76. The highest BCUT2D eigenvalue weighted by Crippen LogP contribution is 2.60. The van der Waals surface area contributed by atoms with E-state index in [-0.39, 0.29) is 0 Å². The number of fused-ring (bicyclic) bond motifs is 1. The summed E-state index contributed by atoms with van der Waals surface area (Å²) in [6.07, 6.45) is 3.21. The van der Waals surface area contributed by atoms with E-state index in [0.29, 0.717) is 30.1 Å². The van der Waals surface area contributed by atoms with Gasteiger partial charge in [0.2, 0.25) is 5.41 Å². The minimum Gasteiger partial charge on any atom is -0.468 e. The molecule has 1 atom stereocenters. The molecule has 2 rings (SSSR count). The number of carbonyl (C=O) groups is 2. The van der Waals surface area contributed by atoms with Crippen molar-refractivity contribution in [2.75, 3.05) is 13.7 Å². The number of hydrogen-bond donors (Lipinski definition) is 1. The number of methoxy groups -OCH3 is 1. The fraction of sp³-hybridized carbons (Fsp3) is 0.625. The first-order valence-corrected chi connectivity index (χ1v) is 7.52. The minimum atomic E-state index is -1.47. The smallest absolute Gasteiger partial charge is 0.334 e. The standard InChI is InChI=1S/C16H23NO5/c1-6-8-11-12-10(17-21-7-2)9-15(3,4)16(12,13(18)20-5)14(19)22-11/h9,17H,6-8H2,1-5H3/t16-/m1/s1. The molecule has 0 amide bonds. The Labute approximate surface area is 130 Å². The van der Waals surface area contributed by atoms with E-state index in [4.69, 9.17) is 14.3 Å². The Morgan fingerprint density at radius 3 is 2.59 bits per heavy atom. The maximum Gasteiger partial charge on any atom is 0.334 e. The predicted molar refractivity (Wildman–Crippen MR) is 79.1 cm³/mol. The van der Waals surface area contributed by atoms with Gasteiger partial charge < -0.3 is 9.47 Å². The summed E-state index contributed by atoms with van der Waals surface area (Å²) in [6.45, 7) is 7.92. The Morgan fingerprint density at radius 2 is 2.05 bits per heavy atom. The first-order valence-electron chi connectivity index (χ1n) is 7.52. The van der Waals surface area contributed by atoms with E-state index in [1.54, 1.807) is 0 Å². The Kier molecular flexibility index (Phi) is 4.33. The van der Waals surface area contributed by atoms with Crippen LogP contribution >= 0.6 is 0 Å². The first kappa shape index (κ1) is 16.5. The van der Waals surface area contributed by atoms with Crippen LogP contribution < -0.4 is 5.48 Å². The number of allylic oxidation sites excluding steroid dienone is 3. The number of carbonyl (C=O) groups excluding carboxylic acids is 2. The van der Waals surface area contributed by atoms with Gasteiger partial charge in [-0.25, -0.2) is 0 Å². The van der Waals surface area contributed by atoms with Crippen molar-refractivity contribution in [2.45, 2.75) is 40.5 Å². The lowest BCUT2D eigenvalue weighted by Gasteiger charge is -2.32. The largest absolute Gasteiger partial charge is 0.468 e. The molecule has 22 heavy (non-hydrogen) atoms. The van der Waals surface area contributed by atoms with Gasteiger partial charge in [0.1, 0.15) is 5.76 Å². The van der Waals surface area contributed by atoms with E-state index in [1.165, 1.54) is 7.11 Å². The van der Waals surface area contributed by atoms with Crippen molar-refractivity contribution in [3.63, 3.8) is 0 Å². The Morgan fingerprint density at radius 1 is 1.36 bits per heavy atom. The van der Waals surface area contributed by atoms with E-state index in [2.05, 4.69) is 5.48 Å². The average molecular weight is 309 g/mol. The molecule has 122 valence electrons. The minimum absolute atomic E-state index is 0.453. The maximum absolute atomic E-state index is 12.6. The molecule has 0 fully saturated rings. The molecule has 0 radical (unpaired) electrons. The van der Waals surface area contributed by atoms with Crippen LogP contribution in [-0.2, 0) is 23.9 Å². The topological polar surface area (TPSA) is 73.9 Å². The number of nitrogens with one attached hydrogen (secondary N) is 1. The summed E-state index contributed by atoms with van der Waals surface area (Å²) in [4.78, 5) is 30.5. The molecular weight excluding hydrogens is 286 g/mol. The molecule has 0 unspecified atom stereocenters. The number of ether oxygens (including phenoxy) is 2. The highest BCUT2D eigenvalue weighted by molar-refractivity contribution is 6.09. The lowest BCUT2D eigenvalue weighted by molar-refractivity contribution is -0.167. The van der Waals surface area contributed by atoms with E-state index in [9.17, 15) is 9.59 Å². The molecule has 0 saturated carbocycles. The number of hydrogen-bond acceptors (Lipinski definition) is 6. The van der Waals surface area contributed by atoms with E-state index < -0.39 is 22.8 Å². The van der Waals surface area contributed by atoms with E-state index in [0.717, 1.165) is 6.42 Å². The third-order valence-corrected chi connectivity index (χ3v) is 4.21. The van der Waals surface area contributed by atoms with Gasteiger partial charge in [0.15, 0.2) is 0 Å². The molecule has 0 aromatic carbocycles. The fourth-order valence-corrected chi connectivity index (χ4v) is 3.26. The predicted octanol–water partition coefficient (Wildman–Crippen LogP) is 2.22. The van der Waals surface area contributed by atoms with E-state index >= 15 is 0 Å². The van der Waals surface area contributed by atoms with Gasteiger partial charge in [0.25, 0.3) is 0 Å². The zero-order valence-electron chi connectivity index (χ0n) is 13.7. The molecule has 0 saturated heterocycles. The number of esters is 2. The molecule has 0 spiro atoms. The molecule has 0 aromatic rings. The van der Waals surface area contributed by atoms with Crippen molar-refractivity contribution >= 4 is 11.9 Å². The quantitative estimate of drug-likeness (QED) is 0.461. The number of hydroxylamine groups is 1. The molecule has 0 bridgehead atoms. The van der Waals surface area contributed by atoms with Crippen LogP contribution in [0.5, 0.6) is 0 Å². The monoisotopic (exact) mass is 309 g/mol. The molecular formula is C16H23NO5. The fourth-order valence-electron chi connectivity index (χ4n) is 3.26. The zero-order chi connectivity index (χ0) is 16.5. The van der Waals surface area contributed by atoms with Gasteiger partial charge in [-0.3, -0.25) is 19.9 Å². The van der Waals surface area contributed by atoms with Crippen LogP contribution in [-0.4, -0.2) is 25.7 Å². The molecule has 1 aliphatic carbocycles. The van der Waals surface area contributed by atoms with Crippen molar-refractivity contribution in [1.29, 1.82) is 0 Å². The van der Waals surface area contributed by atoms with Gasteiger partial charge in [-0.2, -0.15) is 0 Å². The molecule has 1 N–H and O–H groups in total. The van der Waals surface area contributed by atoms with Crippen LogP contribution in [0.2, 0.25) is 0 Å². The van der Waals surface area contributed by atoms with Crippen molar-refractivity contribution in [2.24, 2.45) is 10.8 Å². The summed E-state index contributed by atoms with van der Waals surface area (Å²) in [5.74, 6) is -0.664. The summed E-state index contributed by atoms with van der Waals surface area (Å²) >= 11 is 0. The Balaban J connectivity index is 2.62. The molecule has 2 aliphatic rings. The first-order chi connectivity index (χ1) is 10.4. The average Bonchev–Trinajstić information content (AvgIpc) is 2.89. The third-order valence-electron chi connectivity index (χ3n) is 4.21. The van der Waals surface area contributed by atoms with Gasteiger partial charge in [0, 0.05) is 17.4 Å². The molecule has 0 aromatic heterocycles. The van der Waals surface area contributed by atoms with Gasteiger partial charge >= 0.3 is 11.9 Å². The normalized spacial score (nSPS) is 25.7. The van der Waals surface area contributed by atoms with E-state index in [1.807, 2.05) is 33.8 Å². The highest BCUT2D eigenvalue weighted by atomic mass is 16.6. The molecule has 6 nitrogen and oxygen atoms in total. The summed E-state index contributed by atoms with van der Waals surface area (Å²) in [5, 5.41) is 0. The lowest BCUT2D eigenvalue weighted by Crippen LogP contribution is -2.47. The Hall–Kier alpha value is -1.82. The maximum atomic E-state index is 12.6. The van der Waals surface area contributed by atoms with Gasteiger partial charge in [-0.15, -0.1) is 0 Å². The highest BCUT2D eigenvalue weighted by Gasteiger charge is 2.69. The van der Waals surface area contributed by atoms with Crippen molar-refractivity contribution in [3.8, 4) is 0 Å². The third kappa shape index (κ3) is 2.05. The van der Waals surface area contributed by atoms with Gasteiger partial charge in [-0.05, 0) is 13.3 Å². The van der Waals surface area contributed by atoms with Gasteiger partial charge in [-0.1, -0.05) is 26.8 Å². The molecule has 1 aliphatic heterocycles. The second-order valence-corrected chi connectivity index (χ2v) is 5.99. The van der Waals surface area contributed by atoms with Crippen molar-refractivity contribution in [3.05, 3.63) is 23.1 Å². The Bertz CT molecular complexity index is 561. The summed E-state index contributed by atoms with van der Waals surface area (Å²) in [6, 6.07) is 0. The number of cyclic esters (lactones) is 1. The zero-order valence-corrected chi connectivity index (χ0v) is 13.7. The summed E-state index contributed by atoms with van der Waals surface area (Å²) < 4.78 is 10.4. The van der Waals surface area contributed by atoms with Crippen LogP contribution in [0.25, 0.3) is 0 Å². The molecule has 1 heterocycles. The van der Waals surface area contributed by atoms with Crippen molar-refractivity contribution in [1.82, 2.24) is 5.48 Å². The van der Waals surface area contributed by atoms with Crippen LogP contribution in [0.3, 0.4) is 0 Å². The van der Waals surface area contributed by atoms with Crippen LogP contribution in [0.1, 0.15) is 40.5 Å². The van der Waals surface area contributed by atoms with Crippen molar-refractivity contribution < 1.29 is 23.9 Å². The number of rotatable bonds is 6. The van der Waals surface area contributed by atoms with Gasteiger partial charge in [0.05, 0.1) is 19.4 Å².